The molecule has 0 radical (unpaired) electrons. The fourth-order valence-electron chi connectivity index (χ4n) is 2.34. The third-order valence-corrected chi connectivity index (χ3v) is 7.99. The summed E-state index contributed by atoms with van der Waals surface area (Å²) < 4.78 is 4.56. The van der Waals surface area contributed by atoms with Gasteiger partial charge in [-0.3, -0.25) is 0 Å². The number of ether oxygens (including phenoxy) is 1. The number of Topliss-reactive ketones (excluding diaryl/α,β-unsaturated/α-hetero) is 1. The molecule has 0 fully saturated rings. The molecular formula is C15H27O4S2Si-. The molecule has 0 amide bonds. The molecule has 0 aromatic carbocycles. The fourth-order valence-corrected chi connectivity index (χ4v) is 6.02. The van der Waals surface area contributed by atoms with Gasteiger partial charge in [0.25, 0.3) is 6.16 Å². The van der Waals surface area contributed by atoms with Crippen LogP contribution >= 0.6 is 23.5 Å². The van der Waals surface area contributed by atoms with Crippen LogP contribution in [-0.2, 0) is 9.53 Å². The van der Waals surface area contributed by atoms with E-state index in [1.807, 2.05) is 12.5 Å². The van der Waals surface area contributed by atoms with Crippen molar-refractivity contribution in [2.24, 2.45) is 0 Å². The molecule has 0 bridgehead atoms. The molecule has 0 saturated heterocycles. The summed E-state index contributed by atoms with van der Waals surface area (Å²) >= 11 is 3.03. The Hall–Kier alpha value is -0.403. The van der Waals surface area contributed by atoms with Gasteiger partial charge in [0.1, 0.15) is 5.78 Å². The predicted molar refractivity (Wildman–Crippen MR) is 97.2 cm³/mol. The lowest BCUT2D eigenvalue weighted by Gasteiger charge is -2.42. The van der Waals surface area contributed by atoms with Crippen molar-refractivity contribution in [2.75, 3.05) is 12.5 Å². The van der Waals surface area contributed by atoms with Gasteiger partial charge in [-0.1, -0.05) is 31.8 Å². The van der Waals surface area contributed by atoms with E-state index in [1.54, 1.807) is 0 Å². The van der Waals surface area contributed by atoms with Crippen LogP contribution in [0.2, 0.25) is 25.7 Å². The van der Waals surface area contributed by atoms with Gasteiger partial charge < -0.3 is 19.4 Å². The average Bonchev–Trinajstić information content (AvgIpc) is 2.36. The molecule has 0 aliphatic rings. The minimum atomic E-state index is -1.54. The van der Waals surface area contributed by atoms with Crippen LogP contribution in [0.1, 0.15) is 19.8 Å². The van der Waals surface area contributed by atoms with Crippen molar-refractivity contribution in [3.05, 3.63) is 12.2 Å². The minimum absolute atomic E-state index is 0.0792. The van der Waals surface area contributed by atoms with Gasteiger partial charge in [-0.15, -0.1) is 23.5 Å². The standard InChI is InChI=1S/C15H28O4S2Si/c1-11(10-22(5,6)7)13(19-14(17)18)15(20-3,21-4)9-8-12(2)16/h13H,1,8-10H2,2-7H3,(H,17,18)/p-1. The molecule has 0 aromatic heterocycles. The van der Waals surface area contributed by atoms with E-state index in [2.05, 4.69) is 26.2 Å². The Morgan fingerprint density at radius 3 is 2.09 bits per heavy atom. The van der Waals surface area contributed by atoms with Crippen molar-refractivity contribution < 1.29 is 19.4 Å². The van der Waals surface area contributed by atoms with E-state index >= 15 is 0 Å². The topological polar surface area (TPSA) is 66.4 Å². The SMILES string of the molecule is C=C(C[Si](C)(C)C)C(OC(=O)[O-])C(CCC(C)=O)(SC)SC. The average molecular weight is 364 g/mol. The molecule has 128 valence electrons. The third-order valence-electron chi connectivity index (χ3n) is 3.26. The van der Waals surface area contributed by atoms with Gasteiger partial charge in [0.2, 0.25) is 0 Å². The Labute approximate surface area is 143 Å². The highest BCUT2D eigenvalue weighted by Crippen LogP contribution is 2.46. The van der Waals surface area contributed by atoms with Crippen molar-refractivity contribution >= 4 is 43.5 Å². The van der Waals surface area contributed by atoms with Gasteiger partial charge in [0.15, 0.2) is 0 Å². The van der Waals surface area contributed by atoms with Crippen LogP contribution in [-0.4, -0.2) is 42.7 Å². The van der Waals surface area contributed by atoms with Crippen molar-refractivity contribution in [1.29, 1.82) is 0 Å². The highest BCUT2D eigenvalue weighted by atomic mass is 32.2. The summed E-state index contributed by atoms with van der Waals surface area (Å²) in [6.07, 6.45) is 2.52. The molecule has 0 N–H and O–H groups in total. The molecule has 1 unspecified atom stereocenters. The zero-order chi connectivity index (χ0) is 17.6. The van der Waals surface area contributed by atoms with E-state index < -0.39 is 24.4 Å². The minimum Gasteiger partial charge on any atom is -0.540 e. The first-order chi connectivity index (χ1) is 9.97. The van der Waals surface area contributed by atoms with E-state index in [0.717, 1.165) is 11.6 Å². The number of carboxylic acid groups (broad SMARTS) is 1. The lowest BCUT2D eigenvalue weighted by molar-refractivity contribution is -0.286. The number of rotatable bonds is 10. The molecule has 0 spiro atoms. The van der Waals surface area contributed by atoms with Crippen LogP contribution in [0.5, 0.6) is 0 Å². The predicted octanol–water partition coefficient (Wildman–Crippen LogP) is 3.40. The second-order valence-electron chi connectivity index (χ2n) is 6.57. The molecule has 0 aliphatic carbocycles. The smallest absolute Gasteiger partial charge is 0.252 e. The number of ketones is 1. The largest absolute Gasteiger partial charge is 0.540 e. The molecule has 1 atom stereocenters. The lowest BCUT2D eigenvalue weighted by Crippen LogP contribution is -2.44. The summed E-state index contributed by atoms with van der Waals surface area (Å²) in [5.74, 6) is 0.0792. The van der Waals surface area contributed by atoms with E-state index in [9.17, 15) is 14.7 Å². The van der Waals surface area contributed by atoms with Crippen LogP contribution in [0.4, 0.5) is 4.79 Å². The zero-order valence-electron chi connectivity index (χ0n) is 14.4. The number of hydrogen-bond donors (Lipinski definition) is 0. The van der Waals surface area contributed by atoms with Crippen LogP contribution in [0.15, 0.2) is 12.2 Å². The van der Waals surface area contributed by atoms with Gasteiger partial charge in [-0.05, 0) is 31.9 Å². The quantitative estimate of drug-likeness (QED) is 0.256. The van der Waals surface area contributed by atoms with E-state index in [-0.39, 0.29) is 5.78 Å². The van der Waals surface area contributed by atoms with Crippen LogP contribution in [0.25, 0.3) is 0 Å². The van der Waals surface area contributed by atoms with Crippen molar-refractivity contribution in [3.63, 3.8) is 0 Å². The Balaban J connectivity index is 5.51. The van der Waals surface area contributed by atoms with Crippen molar-refractivity contribution in [2.45, 2.75) is 55.6 Å². The first-order valence-corrected chi connectivity index (χ1v) is 13.3. The maximum atomic E-state index is 11.4. The second-order valence-corrected chi connectivity index (χ2v) is 14.6. The number of carbonyl (C=O) groups is 2. The Kier molecular flexibility index (Phi) is 8.86. The molecule has 0 aliphatic heterocycles. The molecule has 0 aromatic rings. The Morgan fingerprint density at radius 1 is 1.27 bits per heavy atom. The molecular weight excluding hydrogens is 336 g/mol. The van der Waals surface area contributed by atoms with Gasteiger partial charge in [0.05, 0.1) is 10.2 Å². The van der Waals surface area contributed by atoms with Gasteiger partial charge >= 0.3 is 0 Å². The first kappa shape index (κ1) is 21.6. The normalized spacial score (nSPS) is 13.5. The number of thioether (sulfide) groups is 2. The second kappa shape index (κ2) is 9.03. The fraction of sp³-hybridized carbons (Fsp3) is 0.733. The Bertz CT molecular complexity index is 414. The summed E-state index contributed by atoms with van der Waals surface area (Å²) in [5.41, 5.74) is 0.774. The maximum Gasteiger partial charge on any atom is 0.252 e. The van der Waals surface area contributed by atoms with Gasteiger partial charge in [0, 0.05) is 14.5 Å². The van der Waals surface area contributed by atoms with Gasteiger partial charge in [-0.2, -0.15) is 0 Å². The summed E-state index contributed by atoms with van der Waals surface area (Å²) in [4.78, 5) is 22.4. The summed E-state index contributed by atoms with van der Waals surface area (Å²) in [6, 6.07) is 0.772. The maximum absolute atomic E-state index is 11.4. The monoisotopic (exact) mass is 363 g/mol. The molecule has 0 heterocycles. The molecule has 7 heteroatoms. The summed E-state index contributed by atoms with van der Waals surface area (Å²) in [6.45, 7) is 12.2. The highest BCUT2D eigenvalue weighted by molar-refractivity contribution is 8.17. The zero-order valence-corrected chi connectivity index (χ0v) is 17.0. The van der Waals surface area contributed by atoms with Crippen LogP contribution < -0.4 is 5.11 Å². The van der Waals surface area contributed by atoms with E-state index in [1.165, 1.54) is 30.4 Å². The van der Waals surface area contributed by atoms with Crippen molar-refractivity contribution in [1.82, 2.24) is 0 Å². The van der Waals surface area contributed by atoms with Crippen LogP contribution in [0.3, 0.4) is 0 Å². The molecule has 0 saturated carbocycles. The first-order valence-electron chi connectivity index (χ1n) is 7.12. The van der Waals surface area contributed by atoms with Gasteiger partial charge in [-0.25, -0.2) is 0 Å². The highest BCUT2D eigenvalue weighted by Gasteiger charge is 2.40. The lowest BCUT2D eigenvalue weighted by atomic mass is 10.0. The third kappa shape index (κ3) is 7.24. The molecule has 4 nitrogen and oxygen atoms in total. The number of carbonyl (C=O) groups excluding carboxylic acids is 2. The molecule has 0 rings (SSSR count). The number of hydrogen-bond acceptors (Lipinski definition) is 6. The Morgan fingerprint density at radius 2 is 1.77 bits per heavy atom. The summed E-state index contributed by atoms with van der Waals surface area (Å²) in [5, 5.41) is 11.0. The van der Waals surface area contributed by atoms with E-state index in [0.29, 0.717) is 12.8 Å². The molecule has 22 heavy (non-hydrogen) atoms. The van der Waals surface area contributed by atoms with E-state index in [4.69, 9.17) is 4.74 Å². The summed E-state index contributed by atoms with van der Waals surface area (Å²) in [7, 11) is -1.46. The van der Waals surface area contributed by atoms with Crippen LogP contribution in [0, 0.1) is 0 Å². The van der Waals surface area contributed by atoms with Crippen molar-refractivity contribution in [3.8, 4) is 0 Å².